The van der Waals surface area contributed by atoms with Gasteiger partial charge in [-0.15, -0.1) is 0 Å². The molecule has 0 saturated heterocycles. The average Bonchev–Trinajstić information content (AvgIpc) is 2.86. The molecule has 0 unspecified atom stereocenters. The van der Waals surface area contributed by atoms with Crippen molar-refractivity contribution < 1.29 is 9.53 Å². The first-order valence-corrected chi connectivity index (χ1v) is 13.8. The number of carbonyl (C=O) groups is 1. The minimum absolute atomic E-state index is 0.0308. The lowest BCUT2D eigenvalue weighted by molar-refractivity contribution is -0.143. The van der Waals surface area contributed by atoms with Gasteiger partial charge in [0.25, 0.3) is 0 Å². The number of rotatable bonds is 15. The van der Waals surface area contributed by atoms with Crippen LogP contribution in [0.4, 0.5) is 0 Å². The number of aryl methyl sites for hydroxylation is 1. The second-order valence-electron chi connectivity index (χ2n) is 9.61. The highest BCUT2D eigenvalue weighted by molar-refractivity contribution is 7.80. The maximum Gasteiger partial charge on any atom is 0.305 e. The van der Waals surface area contributed by atoms with Crippen molar-refractivity contribution in [3.63, 3.8) is 0 Å². The van der Waals surface area contributed by atoms with Gasteiger partial charge in [-0.05, 0) is 75.7 Å². The Balaban J connectivity index is 1.14. The number of benzene rings is 4. The summed E-state index contributed by atoms with van der Waals surface area (Å²) >= 11 is 4.25. The van der Waals surface area contributed by atoms with E-state index in [0.29, 0.717) is 13.0 Å². The van der Waals surface area contributed by atoms with Gasteiger partial charge in [-0.1, -0.05) is 93.1 Å². The van der Waals surface area contributed by atoms with E-state index in [4.69, 9.17) is 4.74 Å². The molecule has 0 aliphatic rings. The summed E-state index contributed by atoms with van der Waals surface area (Å²) in [6.45, 7) is 0.540. The first-order chi connectivity index (χ1) is 16.8. The monoisotopic (exact) mass is 474 g/mol. The molecule has 4 aromatic rings. The normalized spacial score (nSPS) is 11.7. The summed E-state index contributed by atoms with van der Waals surface area (Å²) in [6, 6.07) is 20.2. The van der Waals surface area contributed by atoms with E-state index in [-0.39, 0.29) is 5.97 Å². The second-order valence-corrected chi connectivity index (χ2v) is 10.1. The average molecular weight is 475 g/mol. The molecule has 180 valence electrons. The molecule has 0 spiro atoms. The minimum Gasteiger partial charge on any atom is -0.466 e. The fourth-order valence-corrected chi connectivity index (χ4v) is 5.32. The van der Waals surface area contributed by atoms with Gasteiger partial charge in [0.15, 0.2) is 0 Å². The fraction of sp³-hybridized carbons (Fsp3) is 0.452. The summed E-state index contributed by atoms with van der Waals surface area (Å²) in [5.74, 6) is 0.972. The van der Waals surface area contributed by atoms with E-state index < -0.39 is 0 Å². The van der Waals surface area contributed by atoms with Crippen LogP contribution in [0, 0.1) is 0 Å². The van der Waals surface area contributed by atoms with E-state index in [1.807, 2.05) is 0 Å². The Hall–Kier alpha value is -2.26. The van der Waals surface area contributed by atoms with Crippen molar-refractivity contribution in [3.8, 4) is 0 Å². The van der Waals surface area contributed by atoms with Gasteiger partial charge in [-0.2, -0.15) is 12.6 Å². The molecule has 4 rings (SSSR count). The Labute approximate surface area is 209 Å². The molecule has 0 N–H and O–H groups in total. The Morgan fingerprint density at radius 3 is 1.85 bits per heavy atom. The number of ether oxygens (including phenoxy) is 1. The molecule has 4 aromatic carbocycles. The molecule has 0 heterocycles. The van der Waals surface area contributed by atoms with Gasteiger partial charge in [0.05, 0.1) is 6.61 Å². The largest absolute Gasteiger partial charge is 0.466 e. The summed E-state index contributed by atoms with van der Waals surface area (Å²) < 4.78 is 5.47. The molecule has 0 aromatic heterocycles. The predicted molar refractivity (Wildman–Crippen MR) is 149 cm³/mol. The number of hydrogen-bond donors (Lipinski definition) is 1. The van der Waals surface area contributed by atoms with Gasteiger partial charge in [0.2, 0.25) is 0 Å². The maximum atomic E-state index is 12.0. The molecule has 3 heteroatoms. The fourth-order valence-electron chi connectivity index (χ4n) is 5.09. The van der Waals surface area contributed by atoms with E-state index in [9.17, 15) is 4.79 Å². The Bertz CT molecular complexity index is 1120. The highest BCUT2D eigenvalue weighted by atomic mass is 32.1. The lowest BCUT2D eigenvalue weighted by Gasteiger charge is -2.12. The number of esters is 1. The molecule has 0 saturated carbocycles. The molecule has 0 aliphatic carbocycles. The summed E-state index contributed by atoms with van der Waals surface area (Å²) in [7, 11) is 0. The topological polar surface area (TPSA) is 26.3 Å². The predicted octanol–water partition coefficient (Wildman–Crippen LogP) is 8.89. The summed E-state index contributed by atoms with van der Waals surface area (Å²) in [6.07, 6.45) is 13.3. The van der Waals surface area contributed by atoms with Crippen LogP contribution < -0.4 is 0 Å². The Morgan fingerprint density at radius 1 is 0.647 bits per heavy atom. The highest BCUT2D eigenvalue weighted by Gasteiger charge is 2.09. The molecular formula is C31H38O2S. The number of thiol groups is 1. The van der Waals surface area contributed by atoms with Gasteiger partial charge in [-0.25, -0.2) is 0 Å². The van der Waals surface area contributed by atoms with Crippen molar-refractivity contribution in [3.05, 3.63) is 60.2 Å². The van der Waals surface area contributed by atoms with Gasteiger partial charge >= 0.3 is 5.97 Å². The number of unbranched alkanes of at least 4 members (excludes halogenated alkanes) is 8. The summed E-state index contributed by atoms with van der Waals surface area (Å²) in [4.78, 5) is 12.0. The van der Waals surface area contributed by atoms with E-state index >= 15 is 0 Å². The van der Waals surface area contributed by atoms with Gasteiger partial charge in [-0.3, -0.25) is 4.79 Å². The van der Waals surface area contributed by atoms with Crippen molar-refractivity contribution in [1.29, 1.82) is 0 Å². The van der Waals surface area contributed by atoms with Crippen molar-refractivity contribution in [2.45, 2.75) is 77.0 Å². The first-order valence-electron chi connectivity index (χ1n) is 13.2. The molecule has 0 fully saturated rings. The van der Waals surface area contributed by atoms with Gasteiger partial charge in [0.1, 0.15) is 0 Å². The van der Waals surface area contributed by atoms with Crippen molar-refractivity contribution in [1.82, 2.24) is 0 Å². The van der Waals surface area contributed by atoms with E-state index in [1.165, 1.54) is 76.4 Å². The third-order valence-electron chi connectivity index (χ3n) is 6.93. The number of carbonyl (C=O) groups excluding carboxylic acids is 1. The van der Waals surface area contributed by atoms with Crippen LogP contribution in [0.3, 0.4) is 0 Å². The summed E-state index contributed by atoms with van der Waals surface area (Å²) in [5.41, 5.74) is 1.36. The minimum atomic E-state index is -0.0308. The van der Waals surface area contributed by atoms with Crippen LogP contribution in [0.1, 0.15) is 76.2 Å². The molecule has 0 radical (unpaired) electrons. The van der Waals surface area contributed by atoms with Crippen LogP contribution in [0.15, 0.2) is 54.6 Å². The van der Waals surface area contributed by atoms with Crippen LogP contribution in [0.25, 0.3) is 32.3 Å². The standard InChI is InChI=1S/C31H38O2S/c32-29(15-7-5-3-1-2-4-6-10-21-34)33-20-9-8-12-24-22-27-18-16-25-13-11-14-26-17-19-28(23-24)31(27)30(25)26/h11,13-14,16-19,22-23,34H,1-10,12,15,20-21H2. The SMILES string of the molecule is O=C(CCCCCCCCCCS)OCCCCc1cc2ccc3cccc4ccc(c1)c2c34. The second kappa shape index (κ2) is 13.0. The van der Waals surface area contributed by atoms with E-state index in [2.05, 4.69) is 67.2 Å². The third kappa shape index (κ3) is 6.66. The van der Waals surface area contributed by atoms with Crippen LogP contribution in [-0.2, 0) is 16.0 Å². The maximum absolute atomic E-state index is 12.0. The highest BCUT2D eigenvalue weighted by Crippen LogP contribution is 2.35. The molecule has 0 amide bonds. The molecule has 34 heavy (non-hydrogen) atoms. The summed E-state index contributed by atoms with van der Waals surface area (Å²) in [5, 5.41) is 8.01. The zero-order chi connectivity index (χ0) is 23.6. The Morgan fingerprint density at radius 2 is 1.21 bits per heavy atom. The molecule has 0 bridgehead atoms. The zero-order valence-corrected chi connectivity index (χ0v) is 21.3. The zero-order valence-electron chi connectivity index (χ0n) is 20.4. The van der Waals surface area contributed by atoms with Crippen molar-refractivity contribution in [2.24, 2.45) is 0 Å². The third-order valence-corrected chi connectivity index (χ3v) is 7.25. The molecular weight excluding hydrogens is 436 g/mol. The quantitative estimate of drug-likeness (QED) is 0.0805. The molecule has 2 nitrogen and oxygen atoms in total. The van der Waals surface area contributed by atoms with E-state index in [0.717, 1.165) is 37.9 Å². The van der Waals surface area contributed by atoms with Gasteiger partial charge in [0, 0.05) is 6.42 Å². The smallest absolute Gasteiger partial charge is 0.305 e. The molecule has 0 atom stereocenters. The number of hydrogen-bond acceptors (Lipinski definition) is 3. The van der Waals surface area contributed by atoms with Crippen molar-refractivity contribution in [2.75, 3.05) is 12.4 Å². The van der Waals surface area contributed by atoms with Crippen LogP contribution in [0.5, 0.6) is 0 Å². The van der Waals surface area contributed by atoms with Crippen molar-refractivity contribution >= 4 is 50.9 Å². The Kier molecular flexibility index (Phi) is 9.50. The lowest BCUT2D eigenvalue weighted by Crippen LogP contribution is -2.06. The van der Waals surface area contributed by atoms with Crippen LogP contribution in [-0.4, -0.2) is 18.3 Å². The van der Waals surface area contributed by atoms with Crippen LogP contribution in [0.2, 0.25) is 0 Å². The van der Waals surface area contributed by atoms with Gasteiger partial charge < -0.3 is 4.74 Å². The van der Waals surface area contributed by atoms with E-state index in [1.54, 1.807) is 0 Å². The lowest BCUT2D eigenvalue weighted by atomic mass is 9.92. The molecule has 0 aliphatic heterocycles. The van der Waals surface area contributed by atoms with Crippen LogP contribution >= 0.6 is 12.6 Å². The first kappa shape index (κ1) is 24.9.